The fraction of sp³-hybridized carbons (Fsp3) is 0.636. The molecular formula is C11H18N2O2S2. The van der Waals surface area contributed by atoms with Crippen molar-refractivity contribution >= 4 is 27.0 Å². The molecule has 17 heavy (non-hydrogen) atoms. The van der Waals surface area contributed by atoms with Gasteiger partial charge in [-0.2, -0.15) is 4.31 Å². The van der Waals surface area contributed by atoms with Crippen LogP contribution >= 0.6 is 11.3 Å². The van der Waals surface area contributed by atoms with Gasteiger partial charge in [-0.05, 0) is 24.8 Å². The molecule has 1 unspecified atom stereocenters. The van der Waals surface area contributed by atoms with Crippen molar-refractivity contribution in [2.45, 2.75) is 36.9 Å². The predicted molar refractivity (Wildman–Crippen MR) is 70.5 cm³/mol. The van der Waals surface area contributed by atoms with Gasteiger partial charge in [-0.3, -0.25) is 0 Å². The molecule has 0 radical (unpaired) electrons. The van der Waals surface area contributed by atoms with Gasteiger partial charge < -0.3 is 5.73 Å². The normalized spacial score (nSPS) is 22.4. The Morgan fingerprint density at radius 1 is 1.53 bits per heavy atom. The summed E-state index contributed by atoms with van der Waals surface area (Å²) < 4.78 is 26.9. The average molecular weight is 274 g/mol. The van der Waals surface area contributed by atoms with E-state index < -0.39 is 10.0 Å². The van der Waals surface area contributed by atoms with E-state index in [9.17, 15) is 8.42 Å². The van der Waals surface area contributed by atoms with E-state index in [1.807, 2.05) is 0 Å². The molecule has 2 heterocycles. The summed E-state index contributed by atoms with van der Waals surface area (Å²) in [6.07, 6.45) is 1.90. The van der Waals surface area contributed by atoms with E-state index in [0.29, 0.717) is 22.4 Å². The second-order valence-corrected chi connectivity index (χ2v) is 7.80. The molecule has 0 spiro atoms. The lowest BCUT2D eigenvalue weighted by molar-refractivity contribution is 0.316. The molecule has 1 aromatic rings. The van der Waals surface area contributed by atoms with Crippen LogP contribution in [-0.4, -0.2) is 25.3 Å². The van der Waals surface area contributed by atoms with Gasteiger partial charge in [0.25, 0.3) is 10.0 Å². The van der Waals surface area contributed by atoms with Gasteiger partial charge in [0.05, 0.1) is 0 Å². The van der Waals surface area contributed by atoms with E-state index in [1.165, 1.54) is 11.3 Å². The first-order valence-electron chi connectivity index (χ1n) is 5.79. The maximum absolute atomic E-state index is 12.4. The van der Waals surface area contributed by atoms with Crippen LogP contribution in [0.25, 0.3) is 0 Å². The first kappa shape index (κ1) is 12.9. The molecule has 1 fully saturated rings. The number of nitrogens with zero attached hydrogens (tertiary/aromatic N) is 1. The van der Waals surface area contributed by atoms with E-state index in [1.54, 1.807) is 15.8 Å². The third kappa shape index (κ3) is 2.34. The average Bonchev–Trinajstić information content (AvgIpc) is 2.84. The zero-order chi connectivity index (χ0) is 12.6. The molecule has 0 saturated carbocycles. The Labute approximate surface area is 106 Å². The molecule has 2 rings (SSSR count). The van der Waals surface area contributed by atoms with E-state index in [-0.39, 0.29) is 6.04 Å². The smallest absolute Gasteiger partial charge is 0.252 e. The van der Waals surface area contributed by atoms with Crippen molar-refractivity contribution in [3.8, 4) is 0 Å². The Hall–Kier alpha value is -0.590. The summed E-state index contributed by atoms with van der Waals surface area (Å²) in [7, 11) is -3.34. The predicted octanol–water partition coefficient (Wildman–Crippen LogP) is 2.14. The summed E-state index contributed by atoms with van der Waals surface area (Å²) in [6.45, 7) is 4.77. The highest BCUT2D eigenvalue weighted by Crippen LogP contribution is 2.32. The molecule has 0 aliphatic carbocycles. The van der Waals surface area contributed by atoms with Crippen molar-refractivity contribution in [3.63, 3.8) is 0 Å². The minimum absolute atomic E-state index is 0.128. The van der Waals surface area contributed by atoms with E-state index in [0.717, 1.165) is 12.8 Å². The molecule has 2 N–H and O–H groups in total. The van der Waals surface area contributed by atoms with Gasteiger partial charge in [-0.15, -0.1) is 11.3 Å². The number of hydrogen-bond acceptors (Lipinski definition) is 4. The van der Waals surface area contributed by atoms with Crippen LogP contribution in [0.3, 0.4) is 0 Å². The largest absolute Gasteiger partial charge is 0.398 e. The molecule has 0 amide bonds. The van der Waals surface area contributed by atoms with Gasteiger partial charge in [-0.1, -0.05) is 13.8 Å². The van der Waals surface area contributed by atoms with E-state index in [4.69, 9.17) is 5.73 Å². The van der Waals surface area contributed by atoms with Crippen molar-refractivity contribution in [3.05, 3.63) is 11.4 Å². The van der Waals surface area contributed by atoms with Gasteiger partial charge in [0.1, 0.15) is 4.21 Å². The number of rotatable bonds is 3. The zero-order valence-corrected chi connectivity index (χ0v) is 11.7. The van der Waals surface area contributed by atoms with Crippen LogP contribution in [0, 0.1) is 5.92 Å². The lowest BCUT2D eigenvalue weighted by Gasteiger charge is -2.26. The molecular weight excluding hydrogens is 256 g/mol. The minimum atomic E-state index is -3.34. The Morgan fingerprint density at radius 2 is 2.24 bits per heavy atom. The first-order chi connectivity index (χ1) is 7.93. The van der Waals surface area contributed by atoms with Crippen LogP contribution in [0.2, 0.25) is 0 Å². The molecule has 6 heteroatoms. The molecule has 1 aliphatic rings. The highest BCUT2D eigenvalue weighted by atomic mass is 32.2. The third-order valence-corrected chi connectivity index (χ3v) is 6.53. The lowest BCUT2D eigenvalue weighted by Crippen LogP contribution is -2.38. The van der Waals surface area contributed by atoms with Crippen LogP contribution in [0.1, 0.15) is 26.7 Å². The molecule has 0 aromatic carbocycles. The van der Waals surface area contributed by atoms with Gasteiger partial charge in [0.15, 0.2) is 0 Å². The lowest BCUT2D eigenvalue weighted by atomic mass is 10.0. The molecule has 1 saturated heterocycles. The topological polar surface area (TPSA) is 63.4 Å². The summed E-state index contributed by atoms with van der Waals surface area (Å²) >= 11 is 1.20. The number of nitrogens with two attached hydrogens (primary N) is 1. The minimum Gasteiger partial charge on any atom is -0.398 e. The standard InChI is InChI=1S/C11H18N2O2S2/c1-8(2)10-4-3-5-13(10)17(14,15)11-6-9(12)7-16-11/h6-8,10H,3-5,12H2,1-2H3. The second-order valence-electron chi connectivity index (χ2n) is 4.77. The fourth-order valence-electron chi connectivity index (χ4n) is 2.31. The molecule has 4 nitrogen and oxygen atoms in total. The van der Waals surface area contributed by atoms with Crippen LogP contribution < -0.4 is 5.73 Å². The number of sulfonamides is 1. The molecule has 1 aliphatic heterocycles. The molecule has 96 valence electrons. The number of hydrogen-bond donors (Lipinski definition) is 1. The van der Waals surface area contributed by atoms with Crippen LogP contribution in [0.4, 0.5) is 5.69 Å². The van der Waals surface area contributed by atoms with Gasteiger partial charge in [0.2, 0.25) is 0 Å². The van der Waals surface area contributed by atoms with Crippen molar-refractivity contribution < 1.29 is 8.42 Å². The summed E-state index contributed by atoms with van der Waals surface area (Å²) in [6, 6.07) is 1.68. The summed E-state index contributed by atoms with van der Waals surface area (Å²) in [5.41, 5.74) is 6.12. The second kappa shape index (κ2) is 4.59. The van der Waals surface area contributed by atoms with E-state index >= 15 is 0 Å². The fourth-order valence-corrected chi connectivity index (χ4v) is 5.34. The molecule has 1 aromatic heterocycles. The zero-order valence-electron chi connectivity index (χ0n) is 10.1. The summed E-state index contributed by atoms with van der Waals surface area (Å²) in [4.78, 5) is 0. The van der Waals surface area contributed by atoms with Crippen LogP contribution in [0.5, 0.6) is 0 Å². The monoisotopic (exact) mass is 274 g/mol. The van der Waals surface area contributed by atoms with Crippen molar-refractivity contribution in [1.29, 1.82) is 0 Å². The summed E-state index contributed by atoms with van der Waals surface area (Å²) in [5, 5.41) is 1.67. The number of nitrogen functional groups attached to an aromatic ring is 1. The number of anilines is 1. The van der Waals surface area contributed by atoms with Crippen LogP contribution in [0.15, 0.2) is 15.7 Å². The van der Waals surface area contributed by atoms with Crippen molar-refractivity contribution in [2.24, 2.45) is 5.92 Å². The Kier molecular flexibility index (Phi) is 3.47. The quantitative estimate of drug-likeness (QED) is 0.918. The Bertz CT molecular complexity index is 493. The maximum Gasteiger partial charge on any atom is 0.252 e. The van der Waals surface area contributed by atoms with Crippen LogP contribution in [-0.2, 0) is 10.0 Å². The van der Waals surface area contributed by atoms with Gasteiger partial charge in [-0.25, -0.2) is 8.42 Å². The SMILES string of the molecule is CC(C)C1CCCN1S(=O)(=O)c1cc(N)cs1. The first-order valence-corrected chi connectivity index (χ1v) is 8.10. The Morgan fingerprint density at radius 3 is 2.76 bits per heavy atom. The molecule has 0 bridgehead atoms. The van der Waals surface area contributed by atoms with Gasteiger partial charge in [0, 0.05) is 23.7 Å². The maximum atomic E-state index is 12.4. The van der Waals surface area contributed by atoms with Gasteiger partial charge >= 0.3 is 0 Å². The van der Waals surface area contributed by atoms with E-state index in [2.05, 4.69) is 13.8 Å². The highest BCUT2D eigenvalue weighted by Gasteiger charge is 2.37. The van der Waals surface area contributed by atoms with Crippen molar-refractivity contribution in [2.75, 3.05) is 12.3 Å². The third-order valence-electron chi connectivity index (χ3n) is 3.18. The Balaban J connectivity index is 2.32. The summed E-state index contributed by atoms with van der Waals surface area (Å²) in [5.74, 6) is 0.351. The highest BCUT2D eigenvalue weighted by molar-refractivity contribution is 7.91. The van der Waals surface area contributed by atoms with Crippen molar-refractivity contribution in [1.82, 2.24) is 4.31 Å². The number of thiophene rings is 1. The molecule has 1 atom stereocenters.